The molecule has 0 aromatic carbocycles. The molecule has 1 fully saturated rings. The molecule has 2 N–H and O–H groups in total. The van der Waals surface area contributed by atoms with Gasteiger partial charge in [0.15, 0.2) is 5.96 Å². The molecule has 2 amide bonds. The molecule has 23 heavy (non-hydrogen) atoms. The van der Waals surface area contributed by atoms with Crippen molar-refractivity contribution < 1.29 is 9.59 Å². The first-order valence-electron chi connectivity index (χ1n) is 7.89. The van der Waals surface area contributed by atoms with Gasteiger partial charge in [-0.25, -0.2) is 0 Å². The topological polar surface area (TPSA) is 77.0 Å². The van der Waals surface area contributed by atoms with Gasteiger partial charge in [0.1, 0.15) is 0 Å². The average Bonchev–Trinajstić information content (AvgIpc) is 2.47. The van der Waals surface area contributed by atoms with Gasteiger partial charge in [0.25, 0.3) is 0 Å². The molecule has 1 aliphatic rings. The van der Waals surface area contributed by atoms with E-state index in [4.69, 9.17) is 0 Å². The lowest BCUT2D eigenvalue weighted by atomic mass is 10.1. The highest BCUT2D eigenvalue weighted by Gasteiger charge is 2.24. The van der Waals surface area contributed by atoms with Crippen molar-refractivity contribution in [3.63, 3.8) is 0 Å². The number of carbonyl (C=O) groups is 2. The SMILES string of the molecule is CN=C(NCC(=O)NC(C)C)N1CCN(C(=O)C(C)C)CC1.I. The Balaban J connectivity index is 0.00000484. The number of rotatable bonds is 4. The minimum atomic E-state index is -0.0511. The van der Waals surface area contributed by atoms with Crippen LogP contribution in [0.25, 0.3) is 0 Å². The average molecular weight is 439 g/mol. The van der Waals surface area contributed by atoms with Crippen molar-refractivity contribution in [2.75, 3.05) is 39.8 Å². The lowest BCUT2D eigenvalue weighted by Crippen LogP contribution is -2.55. The summed E-state index contributed by atoms with van der Waals surface area (Å²) in [6.07, 6.45) is 0. The van der Waals surface area contributed by atoms with Crippen LogP contribution in [0, 0.1) is 5.92 Å². The Labute approximate surface area is 156 Å². The standard InChI is InChI=1S/C15H29N5O2.HI/c1-11(2)14(22)19-6-8-20(9-7-19)15(16-5)17-10-13(21)18-12(3)4;/h11-12H,6-10H2,1-5H3,(H,16,17)(H,18,21);1H. The number of aliphatic imine (C=N–C) groups is 1. The molecule has 0 radical (unpaired) electrons. The van der Waals surface area contributed by atoms with Crippen LogP contribution >= 0.6 is 24.0 Å². The van der Waals surface area contributed by atoms with Gasteiger partial charge in [-0.05, 0) is 13.8 Å². The summed E-state index contributed by atoms with van der Waals surface area (Å²) in [5.74, 6) is 0.878. The molecule has 0 bridgehead atoms. The van der Waals surface area contributed by atoms with Crippen molar-refractivity contribution in [1.29, 1.82) is 0 Å². The van der Waals surface area contributed by atoms with Crippen LogP contribution in [0.3, 0.4) is 0 Å². The van der Waals surface area contributed by atoms with E-state index in [9.17, 15) is 9.59 Å². The van der Waals surface area contributed by atoms with Crippen LogP contribution < -0.4 is 10.6 Å². The zero-order valence-corrected chi connectivity index (χ0v) is 17.1. The third-order valence-corrected chi connectivity index (χ3v) is 3.45. The lowest BCUT2D eigenvalue weighted by molar-refractivity contribution is -0.135. The zero-order valence-electron chi connectivity index (χ0n) is 14.8. The van der Waals surface area contributed by atoms with E-state index in [-0.39, 0.29) is 54.3 Å². The number of nitrogens with one attached hydrogen (secondary N) is 2. The van der Waals surface area contributed by atoms with Crippen LogP contribution in [-0.4, -0.2) is 73.4 Å². The van der Waals surface area contributed by atoms with Crippen LogP contribution in [-0.2, 0) is 9.59 Å². The summed E-state index contributed by atoms with van der Waals surface area (Å²) >= 11 is 0. The number of amides is 2. The van der Waals surface area contributed by atoms with Crippen molar-refractivity contribution in [2.45, 2.75) is 33.7 Å². The van der Waals surface area contributed by atoms with Crippen molar-refractivity contribution in [3.05, 3.63) is 0 Å². The van der Waals surface area contributed by atoms with Crippen molar-refractivity contribution in [3.8, 4) is 0 Å². The van der Waals surface area contributed by atoms with Crippen LogP contribution in [0.1, 0.15) is 27.7 Å². The first-order valence-corrected chi connectivity index (χ1v) is 7.89. The molecule has 134 valence electrons. The Morgan fingerprint density at radius 3 is 2.00 bits per heavy atom. The molecular formula is C15H30IN5O2. The predicted octanol–water partition coefficient (Wildman–Crippen LogP) is 0.505. The van der Waals surface area contributed by atoms with Crippen LogP contribution in [0.15, 0.2) is 4.99 Å². The second kappa shape index (κ2) is 10.7. The number of nitrogens with zero attached hydrogens (tertiary/aromatic N) is 3. The second-order valence-corrected chi connectivity index (χ2v) is 6.09. The third-order valence-electron chi connectivity index (χ3n) is 3.45. The molecule has 1 heterocycles. The van der Waals surface area contributed by atoms with Crippen LogP contribution in [0.5, 0.6) is 0 Å². The third kappa shape index (κ3) is 7.36. The normalized spacial score (nSPS) is 15.5. The maximum Gasteiger partial charge on any atom is 0.239 e. The van der Waals surface area contributed by atoms with Gasteiger partial charge < -0.3 is 20.4 Å². The highest BCUT2D eigenvalue weighted by Crippen LogP contribution is 2.07. The maximum absolute atomic E-state index is 12.0. The Bertz CT molecular complexity index is 418. The van der Waals surface area contributed by atoms with Gasteiger partial charge in [0, 0.05) is 45.2 Å². The minimum Gasteiger partial charge on any atom is -0.352 e. The molecule has 0 saturated carbocycles. The monoisotopic (exact) mass is 439 g/mol. The Kier molecular flexibility index (Phi) is 10.2. The molecule has 1 rings (SSSR count). The maximum atomic E-state index is 12.0. The van der Waals surface area contributed by atoms with E-state index in [0.717, 1.165) is 13.1 Å². The largest absolute Gasteiger partial charge is 0.352 e. The van der Waals surface area contributed by atoms with E-state index >= 15 is 0 Å². The van der Waals surface area contributed by atoms with Gasteiger partial charge >= 0.3 is 0 Å². The summed E-state index contributed by atoms with van der Waals surface area (Å²) < 4.78 is 0. The summed E-state index contributed by atoms with van der Waals surface area (Å²) in [5, 5.41) is 5.90. The number of hydrogen-bond acceptors (Lipinski definition) is 3. The molecular weight excluding hydrogens is 409 g/mol. The molecule has 1 aliphatic heterocycles. The van der Waals surface area contributed by atoms with E-state index in [0.29, 0.717) is 19.0 Å². The summed E-state index contributed by atoms with van der Waals surface area (Å²) in [7, 11) is 1.70. The van der Waals surface area contributed by atoms with Gasteiger partial charge in [0.05, 0.1) is 6.54 Å². The highest BCUT2D eigenvalue weighted by molar-refractivity contribution is 14.0. The fourth-order valence-corrected chi connectivity index (χ4v) is 2.37. The number of guanidine groups is 1. The minimum absolute atomic E-state index is 0. The van der Waals surface area contributed by atoms with E-state index in [1.807, 2.05) is 32.6 Å². The molecule has 0 aliphatic carbocycles. The smallest absolute Gasteiger partial charge is 0.239 e. The highest BCUT2D eigenvalue weighted by atomic mass is 127. The van der Waals surface area contributed by atoms with E-state index < -0.39 is 0 Å². The number of piperazine rings is 1. The predicted molar refractivity (Wildman–Crippen MR) is 103 cm³/mol. The second-order valence-electron chi connectivity index (χ2n) is 6.09. The van der Waals surface area contributed by atoms with E-state index in [2.05, 4.69) is 20.5 Å². The molecule has 0 unspecified atom stereocenters. The molecule has 8 heteroatoms. The number of carbonyl (C=O) groups excluding carboxylic acids is 2. The van der Waals surface area contributed by atoms with E-state index in [1.54, 1.807) is 7.05 Å². The lowest BCUT2D eigenvalue weighted by Gasteiger charge is -2.37. The number of halogens is 1. The Hall–Kier alpha value is -1.06. The first kappa shape index (κ1) is 21.9. The van der Waals surface area contributed by atoms with Gasteiger partial charge in [-0.1, -0.05) is 13.8 Å². The Morgan fingerprint density at radius 1 is 1.04 bits per heavy atom. The van der Waals surface area contributed by atoms with Crippen LogP contribution in [0.4, 0.5) is 0 Å². The molecule has 0 aromatic rings. The number of hydrogen-bond donors (Lipinski definition) is 2. The summed E-state index contributed by atoms with van der Waals surface area (Å²) in [6.45, 7) is 10.7. The van der Waals surface area contributed by atoms with Crippen molar-refractivity contribution in [2.24, 2.45) is 10.9 Å². The van der Waals surface area contributed by atoms with Crippen LogP contribution in [0.2, 0.25) is 0 Å². The quantitative estimate of drug-likeness (QED) is 0.380. The fourth-order valence-electron chi connectivity index (χ4n) is 2.37. The summed E-state index contributed by atoms with van der Waals surface area (Å²) in [5.41, 5.74) is 0. The molecule has 0 aromatic heterocycles. The van der Waals surface area contributed by atoms with Gasteiger partial charge in [0.2, 0.25) is 11.8 Å². The van der Waals surface area contributed by atoms with E-state index in [1.165, 1.54) is 0 Å². The Morgan fingerprint density at radius 2 is 1.57 bits per heavy atom. The first-order chi connectivity index (χ1) is 10.3. The summed E-state index contributed by atoms with van der Waals surface area (Å²) in [4.78, 5) is 31.8. The van der Waals surface area contributed by atoms with Gasteiger partial charge in [-0.3, -0.25) is 14.6 Å². The molecule has 1 saturated heterocycles. The fraction of sp³-hybridized carbons (Fsp3) is 0.800. The molecule has 7 nitrogen and oxygen atoms in total. The summed E-state index contributed by atoms with van der Waals surface area (Å²) in [6, 6.07) is 0.127. The molecule has 0 atom stereocenters. The van der Waals surface area contributed by atoms with Crippen molar-refractivity contribution >= 4 is 41.8 Å². The zero-order chi connectivity index (χ0) is 16.7. The van der Waals surface area contributed by atoms with Gasteiger partial charge in [-0.2, -0.15) is 0 Å². The van der Waals surface area contributed by atoms with Crippen molar-refractivity contribution in [1.82, 2.24) is 20.4 Å². The van der Waals surface area contributed by atoms with Gasteiger partial charge in [-0.15, -0.1) is 24.0 Å². The molecule has 0 spiro atoms.